The summed E-state index contributed by atoms with van der Waals surface area (Å²) in [7, 11) is 1.72. The van der Waals surface area contributed by atoms with Crippen LogP contribution in [0.25, 0.3) is 10.2 Å². The van der Waals surface area contributed by atoms with Crippen LogP contribution >= 0.6 is 11.3 Å². The number of fused-ring (bicyclic) bond motifs is 1. The van der Waals surface area contributed by atoms with Gasteiger partial charge in [-0.05, 0) is 48.4 Å². The molecule has 1 aromatic carbocycles. The van der Waals surface area contributed by atoms with E-state index in [1.165, 1.54) is 16.5 Å². The van der Waals surface area contributed by atoms with Crippen molar-refractivity contribution in [3.63, 3.8) is 0 Å². The second-order valence-electron chi connectivity index (χ2n) is 6.87. The minimum atomic E-state index is 0.467. The Morgan fingerprint density at radius 1 is 1.27 bits per heavy atom. The Morgan fingerprint density at radius 2 is 2.12 bits per heavy atom. The van der Waals surface area contributed by atoms with Gasteiger partial charge in [-0.25, -0.2) is 9.97 Å². The van der Waals surface area contributed by atoms with Crippen LogP contribution in [0.15, 0.2) is 36.0 Å². The van der Waals surface area contributed by atoms with Crippen molar-refractivity contribution in [2.45, 2.75) is 32.4 Å². The molecule has 1 saturated heterocycles. The van der Waals surface area contributed by atoms with Crippen LogP contribution in [-0.4, -0.2) is 41.1 Å². The molecule has 4 rings (SSSR count). The Labute approximate surface area is 158 Å². The van der Waals surface area contributed by atoms with E-state index in [1.807, 2.05) is 6.07 Å². The average molecular weight is 369 g/mol. The van der Waals surface area contributed by atoms with E-state index in [0.29, 0.717) is 6.04 Å². The van der Waals surface area contributed by atoms with E-state index < -0.39 is 0 Å². The lowest BCUT2D eigenvalue weighted by Gasteiger charge is -2.32. The predicted octanol–water partition coefficient (Wildman–Crippen LogP) is 4.08. The first-order valence-electron chi connectivity index (χ1n) is 9.03. The predicted molar refractivity (Wildman–Crippen MR) is 107 cm³/mol. The Morgan fingerprint density at radius 3 is 2.92 bits per heavy atom. The number of methoxy groups -OCH3 is 1. The van der Waals surface area contributed by atoms with Gasteiger partial charge in [-0.3, -0.25) is 4.90 Å². The fourth-order valence-corrected chi connectivity index (χ4v) is 4.47. The van der Waals surface area contributed by atoms with Crippen LogP contribution in [0.3, 0.4) is 0 Å². The zero-order valence-corrected chi connectivity index (χ0v) is 16.1. The summed E-state index contributed by atoms with van der Waals surface area (Å²) in [6, 6.07) is 8.82. The number of nitrogens with one attached hydrogen (secondary N) is 1. The van der Waals surface area contributed by atoms with Crippen molar-refractivity contribution in [2.75, 3.05) is 25.5 Å². The summed E-state index contributed by atoms with van der Waals surface area (Å²) < 4.78 is 5.33. The van der Waals surface area contributed by atoms with Gasteiger partial charge >= 0.3 is 0 Å². The molecule has 136 valence electrons. The van der Waals surface area contributed by atoms with Crippen LogP contribution in [0, 0.1) is 6.92 Å². The molecule has 6 heteroatoms. The number of nitrogens with zero attached hydrogens (tertiary/aromatic N) is 3. The first-order chi connectivity index (χ1) is 12.7. The standard InChI is InChI=1S/C20H24N4OS/c1-14-12-26-20-18(14)19(21-13-22-20)23-16-6-8-24(9-7-16)11-15-4-3-5-17(10-15)25-2/h3-5,10,12-13,16H,6-9,11H2,1-2H3,(H,21,22,23). The topological polar surface area (TPSA) is 50.3 Å². The fraction of sp³-hybridized carbons (Fsp3) is 0.400. The molecule has 0 saturated carbocycles. The number of aromatic nitrogens is 2. The summed E-state index contributed by atoms with van der Waals surface area (Å²) >= 11 is 1.69. The van der Waals surface area contributed by atoms with Gasteiger partial charge < -0.3 is 10.1 Å². The third kappa shape index (κ3) is 3.66. The molecule has 5 nitrogen and oxygen atoms in total. The van der Waals surface area contributed by atoms with Crippen LogP contribution in [0.5, 0.6) is 5.75 Å². The van der Waals surface area contributed by atoms with Crippen molar-refractivity contribution in [1.82, 2.24) is 14.9 Å². The van der Waals surface area contributed by atoms with Gasteiger partial charge in [0.1, 0.15) is 22.7 Å². The Hall–Kier alpha value is -2.18. The largest absolute Gasteiger partial charge is 0.497 e. The highest BCUT2D eigenvalue weighted by Gasteiger charge is 2.21. The molecule has 26 heavy (non-hydrogen) atoms. The minimum Gasteiger partial charge on any atom is -0.497 e. The Bertz CT molecular complexity index is 886. The van der Waals surface area contributed by atoms with E-state index in [-0.39, 0.29) is 0 Å². The summed E-state index contributed by atoms with van der Waals surface area (Å²) in [6.07, 6.45) is 3.91. The summed E-state index contributed by atoms with van der Waals surface area (Å²) in [5.41, 5.74) is 2.56. The lowest BCUT2D eigenvalue weighted by Crippen LogP contribution is -2.38. The number of ether oxygens (including phenoxy) is 1. The summed E-state index contributed by atoms with van der Waals surface area (Å²) in [5, 5.41) is 6.99. The molecule has 1 N–H and O–H groups in total. The molecule has 3 heterocycles. The number of likely N-dealkylation sites (tertiary alicyclic amines) is 1. The highest BCUT2D eigenvalue weighted by Crippen LogP contribution is 2.29. The van der Waals surface area contributed by atoms with Crippen molar-refractivity contribution < 1.29 is 4.74 Å². The van der Waals surface area contributed by atoms with Gasteiger partial charge in [0.2, 0.25) is 0 Å². The number of piperidine rings is 1. The van der Waals surface area contributed by atoms with Crippen molar-refractivity contribution in [3.8, 4) is 5.75 Å². The highest BCUT2D eigenvalue weighted by atomic mass is 32.1. The molecule has 0 atom stereocenters. The maximum absolute atomic E-state index is 5.33. The van der Waals surface area contributed by atoms with Gasteiger partial charge in [-0.15, -0.1) is 11.3 Å². The van der Waals surface area contributed by atoms with E-state index in [9.17, 15) is 0 Å². The lowest BCUT2D eigenvalue weighted by atomic mass is 10.0. The van der Waals surface area contributed by atoms with Gasteiger partial charge in [0.15, 0.2) is 0 Å². The van der Waals surface area contributed by atoms with Gasteiger partial charge in [0, 0.05) is 25.7 Å². The smallest absolute Gasteiger partial charge is 0.138 e. The summed E-state index contributed by atoms with van der Waals surface area (Å²) in [4.78, 5) is 12.5. The average Bonchev–Trinajstić information content (AvgIpc) is 3.06. The molecule has 0 radical (unpaired) electrons. The number of thiophene rings is 1. The van der Waals surface area contributed by atoms with Crippen LogP contribution in [0.1, 0.15) is 24.0 Å². The molecule has 0 bridgehead atoms. The molecular formula is C20H24N4OS. The third-order valence-electron chi connectivity index (χ3n) is 5.02. The first kappa shape index (κ1) is 17.2. The van der Waals surface area contributed by atoms with Crippen LogP contribution < -0.4 is 10.1 Å². The molecule has 0 spiro atoms. The molecule has 1 aliphatic rings. The zero-order valence-electron chi connectivity index (χ0n) is 15.2. The molecular weight excluding hydrogens is 344 g/mol. The maximum atomic E-state index is 5.33. The van der Waals surface area contributed by atoms with Crippen molar-refractivity contribution >= 4 is 27.4 Å². The quantitative estimate of drug-likeness (QED) is 0.735. The minimum absolute atomic E-state index is 0.467. The van der Waals surface area contributed by atoms with E-state index in [0.717, 1.165) is 48.9 Å². The van der Waals surface area contributed by atoms with Crippen LogP contribution in [-0.2, 0) is 6.54 Å². The van der Waals surface area contributed by atoms with Crippen LogP contribution in [0.4, 0.5) is 5.82 Å². The number of hydrogen-bond donors (Lipinski definition) is 1. The SMILES string of the molecule is COc1cccc(CN2CCC(Nc3ncnc4scc(C)c34)CC2)c1. The van der Waals surface area contributed by atoms with E-state index in [4.69, 9.17) is 4.74 Å². The van der Waals surface area contributed by atoms with E-state index >= 15 is 0 Å². The lowest BCUT2D eigenvalue weighted by molar-refractivity contribution is 0.211. The van der Waals surface area contributed by atoms with Crippen molar-refractivity contribution in [1.29, 1.82) is 0 Å². The number of hydrogen-bond acceptors (Lipinski definition) is 6. The number of aryl methyl sites for hydroxylation is 1. The van der Waals surface area contributed by atoms with Gasteiger partial charge in [0.05, 0.1) is 12.5 Å². The normalized spacial score (nSPS) is 16.1. The second kappa shape index (κ2) is 7.60. The maximum Gasteiger partial charge on any atom is 0.138 e. The van der Waals surface area contributed by atoms with Gasteiger partial charge in [0.25, 0.3) is 0 Å². The van der Waals surface area contributed by atoms with Gasteiger partial charge in [-0.2, -0.15) is 0 Å². The van der Waals surface area contributed by atoms with E-state index in [1.54, 1.807) is 24.8 Å². The molecule has 2 aromatic heterocycles. The number of benzene rings is 1. The fourth-order valence-electron chi connectivity index (χ4n) is 3.58. The Balaban J connectivity index is 1.37. The number of rotatable bonds is 5. The molecule has 1 fully saturated rings. The summed E-state index contributed by atoms with van der Waals surface area (Å²) in [5.74, 6) is 1.91. The summed E-state index contributed by atoms with van der Waals surface area (Å²) in [6.45, 7) is 5.28. The molecule has 0 unspecified atom stereocenters. The van der Waals surface area contributed by atoms with Crippen molar-refractivity contribution in [2.24, 2.45) is 0 Å². The monoisotopic (exact) mass is 368 g/mol. The molecule has 0 aliphatic carbocycles. The number of anilines is 1. The highest BCUT2D eigenvalue weighted by molar-refractivity contribution is 7.17. The zero-order chi connectivity index (χ0) is 17.9. The second-order valence-corrected chi connectivity index (χ2v) is 7.73. The first-order valence-corrected chi connectivity index (χ1v) is 9.91. The van der Waals surface area contributed by atoms with Gasteiger partial charge in [-0.1, -0.05) is 12.1 Å². The molecule has 3 aromatic rings. The molecule has 0 amide bonds. The molecule has 1 aliphatic heterocycles. The third-order valence-corrected chi connectivity index (χ3v) is 6.03. The van der Waals surface area contributed by atoms with Crippen LogP contribution in [0.2, 0.25) is 0 Å². The Kier molecular flexibility index (Phi) is 5.04. The van der Waals surface area contributed by atoms with E-state index in [2.05, 4.69) is 50.7 Å². The van der Waals surface area contributed by atoms with Crippen molar-refractivity contribution in [3.05, 3.63) is 47.1 Å².